The third kappa shape index (κ3) is 5.49. The molecule has 0 spiro atoms. The Hall–Kier alpha value is -2.85. The van der Waals surface area contributed by atoms with Crippen LogP contribution in [-0.2, 0) is 0 Å². The van der Waals surface area contributed by atoms with Crippen LogP contribution in [-0.4, -0.2) is 58.1 Å². The van der Waals surface area contributed by atoms with E-state index < -0.39 is 0 Å². The lowest BCUT2D eigenvalue weighted by Gasteiger charge is -2.32. The van der Waals surface area contributed by atoms with E-state index in [-0.39, 0.29) is 17.9 Å². The maximum Gasteiger partial charge on any atom is 0.323 e. The maximum absolute atomic E-state index is 13.3. The Morgan fingerprint density at radius 2 is 1.75 bits per heavy atom. The summed E-state index contributed by atoms with van der Waals surface area (Å²) in [5.41, 5.74) is 0.837. The highest BCUT2D eigenvalue weighted by Gasteiger charge is 2.20. The Morgan fingerprint density at radius 1 is 1.03 bits per heavy atom. The number of nitrogens with one attached hydrogen (secondary N) is 1. The molecule has 1 aliphatic heterocycles. The maximum atomic E-state index is 13.3. The zero-order chi connectivity index (χ0) is 22.7. The number of piperazine rings is 1. The minimum atomic E-state index is -0.349. The number of benzene rings is 1. The molecule has 1 fully saturated rings. The van der Waals surface area contributed by atoms with E-state index in [4.69, 9.17) is 4.74 Å². The van der Waals surface area contributed by atoms with Crippen molar-refractivity contribution < 1.29 is 9.13 Å². The molecule has 2 aromatic heterocycles. The monoisotopic (exact) mass is 457 g/mol. The molecule has 170 valence electrons. The molecule has 1 saturated heterocycles. The van der Waals surface area contributed by atoms with Gasteiger partial charge in [0.15, 0.2) is 5.13 Å². The number of likely N-dealkylation sites (N-methyl/N-ethyl adjacent to an activating group) is 1. The number of rotatable bonds is 7. The third-order valence-electron chi connectivity index (χ3n) is 5.32. The van der Waals surface area contributed by atoms with Gasteiger partial charge in [0.1, 0.15) is 11.9 Å². The van der Waals surface area contributed by atoms with E-state index in [1.807, 2.05) is 13.1 Å². The van der Waals surface area contributed by atoms with Crippen LogP contribution in [0.4, 0.5) is 21.4 Å². The highest BCUT2D eigenvalue weighted by molar-refractivity contribution is 7.15. The zero-order valence-electron chi connectivity index (χ0n) is 18.7. The number of halogens is 1. The van der Waals surface area contributed by atoms with Crippen LogP contribution >= 0.6 is 11.3 Å². The van der Waals surface area contributed by atoms with Gasteiger partial charge in [-0.25, -0.2) is 9.37 Å². The molecule has 32 heavy (non-hydrogen) atoms. The van der Waals surface area contributed by atoms with Crippen LogP contribution in [0.15, 0.2) is 30.5 Å². The van der Waals surface area contributed by atoms with E-state index in [0.717, 1.165) is 36.9 Å². The van der Waals surface area contributed by atoms with Gasteiger partial charge in [0.05, 0.1) is 0 Å². The first-order valence-corrected chi connectivity index (χ1v) is 11.5. The lowest BCUT2D eigenvalue weighted by atomic mass is 10.1. The van der Waals surface area contributed by atoms with Gasteiger partial charge in [-0.15, -0.1) is 11.3 Å². The first-order chi connectivity index (χ1) is 15.4. The fourth-order valence-electron chi connectivity index (χ4n) is 3.27. The van der Waals surface area contributed by atoms with E-state index in [1.54, 1.807) is 23.5 Å². The molecule has 1 unspecified atom stereocenters. The smallest absolute Gasteiger partial charge is 0.323 e. The summed E-state index contributed by atoms with van der Waals surface area (Å²) in [6, 6.07) is 6.45. The van der Waals surface area contributed by atoms with Crippen molar-refractivity contribution in [2.75, 3.05) is 43.4 Å². The first-order valence-electron chi connectivity index (χ1n) is 10.7. The molecule has 3 heterocycles. The van der Waals surface area contributed by atoms with Crippen LogP contribution in [0.25, 0.3) is 0 Å². The van der Waals surface area contributed by atoms with Gasteiger partial charge in [-0.1, -0.05) is 26.0 Å². The van der Waals surface area contributed by atoms with Crippen molar-refractivity contribution >= 4 is 28.4 Å². The number of thiazole rings is 1. The summed E-state index contributed by atoms with van der Waals surface area (Å²) < 4.78 is 19.3. The van der Waals surface area contributed by atoms with Crippen molar-refractivity contribution in [2.45, 2.75) is 32.8 Å². The molecular weight excluding hydrogens is 429 g/mol. The van der Waals surface area contributed by atoms with Gasteiger partial charge in [-0.05, 0) is 37.6 Å². The number of aromatic nitrogens is 4. The third-order valence-corrected chi connectivity index (χ3v) is 6.54. The largest absolute Gasteiger partial charge is 0.455 e. The molecule has 0 amide bonds. The second-order valence-electron chi connectivity index (χ2n) is 8.19. The quantitative estimate of drug-likeness (QED) is 0.565. The number of ether oxygens (including phenoxy) is 1. The Labute approximate surface area is 191 Å². The van der Waals surface area contributed by atoms with Crippen LogP contribution in [0.2, 0.25) is 0 Å². The molecule has 0 radical (unpaired) electrons. The van der Waals surface area contributed by atoms with Gasteiger partial charge in [0.25, 0.3) is 0 Å². The molecule has 1 aromatic carbocycles. The van der Waals surface area contributed by atoms with Gasteiger partial charge in [-0.2, -0.15) is 15.0 Å². The van der Waals surface area contributed by atoms with Crippen molar-refractivity contribution in [2.24, 2.45) is 0 Å². The van der Waals surface area contributed by atoms with Crippen molar-refractivity contribution in [1.29, 1.82) is 0 Å². The number of hydrogen-bond donors (Lipinski definition) is 1. The second-order valence-corrected chi connectivity index (χ2v) is 9.25. The molecular formula is C22H28FN7OS. The van der Waals surface area contributed by atoms with Crippen LogP contribution in [0, 0.1) is 5.82 Å². The summed E-state index contributed by atoms with van der Waals surface area (Å²) in [6.07, 6.45) is 1.52. The fraction of sp³-hybridized carbons (Fsp3) is 0.455. The van der Waals surface area contributed by atoms with Crippen LogP contribution in [0.3, 0.4) is 0 Å². The average Bonchev–Trinajstić information content (AvgIpc) is 3.23. The van der Waals surface area contributed by atoms with Crippen LogP contribution < -0.4 is 15.0 Å². The van der Waals surface area contributed by atoms with Crippen molar-refractivity contribution in [3.8, 4) is 6.01 Å². The van der Waals surface area contributed by atoms with Gasteiger partial charge in [-0.3, -0.25) is 5.32 Å². The molecule has 1 atom stereocenters. The van der Waals surface area contributed by atoms with E-state index in [2.05, 4.69) is 55.9 Å². The topological polar surface area (TPSA) is 79.3 Å². The van der Waals surface area contributed by atoms with E-state index in [9.17, 15) is 4.39 Å². The number of nitrogens with zero attached hydrogens (tertiary/aromatic N) is 6. The van der Waals surface area contributed by atoms with E-state index in [1.165, 1.54) is 17.0 Å². The standard InChI is InChI=1S/C22H28FN7OS/c1-14(2)18-13-24-22(32-18)27-19-25-20(30-11-9-29(4)10-12-30)28-21(26-19)31-15(3)16-5-7-17(23)8-6-16/h5-8,13-15H,9-12H2,1-4H3,(H,24,25,26,27,28). The summed E-state index contributed by atoms with van der Waals surface area (Å²) in [7, 11) is 2.10. The van der Waals surface area contributed by atoms with E-state index >= 15 is 0 Å². The van der Waals surface area contributed by atoms with Gasteiger partial charge < -0.3 is 14.5 Å². The SMILES string of the molecule is CC(C)c1cnc(Nc2nc(OC(C)c3ccc(F)cc3)nc(N3CCN(C)CC3)n2)s1. The number of anilines is 3. The molecule has 1 aliphatic rings. The predicted octanol–water partition coefficient (Wildman–Crippen LogP) is 4.23. The first kappa shape index (κ1) is 22.3. The molecule has 0 bridgehead atoms. The average molecular weight is 458 g/mol. The Bertz CT molecular complexity index is 1040. The van der Waals surface area contributed by atoms with E-state index in [0.29, 0.717) is 17.8 Å². The van der Waals surface area contributed by atoms with Gasteiger partial charge in [0, 0.05) is 37.3 Å². The summed E-state index contributed by atoms with van der Waals surface area (Å²) in [6.45, 7) is 9.66. The Morgan fingerprint density at radius 3 is 2.41 bits per heavy atom. The van der Waals surface area contributed by atoms with Crippen LogP contribution in [0.5, 0.6) is 6.01 Å². The molecule has 10 heteroatoms. The van der Waals surface area contributed by atoms with Gasteiger partial charge >= 0.3 is 6.01 Å². The highest BCUT2D eigenvalue weighted by Crippen LogP contribution is 2.28. The molecule has 4 rings (SSSR count). The normalized spacial score (nSPS) is 15.8. The molecule has 1 N–H and O–H groups in total. The second kappa shape index (κ2) is 9.74. The predicted molar refractivity (Wildman–Crippen MR) is 124 cm³/mol. The van der Waals surface area contributed by atoms with Crippen molar-refractivity contribution in [1.82, 2.24) is 24.8 Å². The van der Waals surface area contributed by atoms with Crippen molar-refractivity contribution in [3.63, 3.8) is 0 Å². The lowest BCUT2D eigenvalue weighted by Crippen LogP contribution is -2.45. The minimum absolute atomic E-state index is 0.217. The highest BCUT2D eigenvalue weighted by atomic mass is 32.1. The molecule has 8 nitrogen and oxygen atoms in total. The zero-order valence-corrected chi connectivity index (χ0v) is 19.6. The molecule has 3 aromatic rings. The Kier molecular flexibility index (Phi) is 6.80. The number of hydrogen-bond acceptors (Lipinski definition) is 9. The lowest BCUT2D eigenvalue weighted by molar-refractivity contribution is 0.207. The Balaban J connectivity index is 1.59. The fourth-order valence-corrected chi connectivity index (χ4v) is 4.08. The van der Waals surface area contributed by atoms with Crippen molar-refractivity contribution in [3.05, 3.63) is 46.7 Å². The summed E-state index contributed by atoms with van der Waals surface area (Å²) in [5, 5.41) is 3.93. The summed E-state index contributed by atoms with van der Waals surface area (Å²) in [4.78, 5) is 23.7. The summed E-state index contributed by atoms with van der Waals surface area (Å²) >= 11 is 1.58. The minimum Gasteiger partial charge on any atom is -0.455 e. The molecule has 0 saturated carbocycles. The van der Waals surface area contributed by atoms with Gasteiger partial charge in [0.2, 0.25) is 11.9 Å². The van der Waals surface area contributed by atoms with Crippen LogP contribution in [0.1, 0.15) is 43.2 Å². The molecule has 0 aliphatic carbocycles. The summed E-state index contributed by atoms with van der Waals surface area (Å²) in [5.74, 6) is 1.07.